The zero-order valence-corrected chi connectivity index (χ0v) is 12.3. The highest BCUT2D eigenvalue weighted by Crippen LogP contribution is 2.35. The molecule has 1 aromatic carbocycles. The lowest BCUT2D eigenvalue weighted by Gasteiger charge is -2.25. The Labute approximate surface area is 123 Å². The van der Waals surface area contributed by atoms with E-state index in [4.69, 9.17) is 24.5 Å². The quantitative estimate of drug-likeness (QED) is 0.824. The molecule has 6 nitrogen and oxygen atoms in total. The molecule has 0 aromatic heterocycles. The van der Waals surface area contributed by atoms with Gasteiger partial charge in [0.2, 0.25) is 0 Å². The van der Waals surface area contributed by atoms with Gasteiger partial charge in [-0.3, -0.25) is 0 Å². The molecule has 21 heavy (non-hydrogen) atoms. The van der Waals surface area contributed by atoms with Gasteiger partial charge in [0.15, 0.2) is 0 Å². The highest BCUT2D eigenvalue weighted by Gasteiger charge is 2.46. The van der Waals surface area contributed by atoms with E-state index in [1.807, 2.05) is 32.9 Å². The largest absolute Gasteiger partial charge is 0.499 e. The van der Waals surface area contributed by atoms with Gasteiger partial charge in [0.1, 0.15) is 25.1 Å². The lowest BCUT2D eigenvalue weighted by molar-refractivity contribution is 0.0162. The van der Waals surface area contributed by atoms with Crippen LogP contribution in [0.1, 0.15) is 31.1 Å². The van der Waals surface area contributed by atoms with Crippen molar-refractivity contribution in [3.05, 3.63) is 23.3 Å². The van der Waals surface area contributed by atoms with Gasteiger partial charge >= 0.3 is 13.2 Å². The third-order valence-corrected chi connectivity index (χ3v) is 3.69. The lowest BCUT2D eigenvalue weighted by Crippen LogP contribution is -2.40. The number of nitrogens with two attached hydrogens (primary N) is 1. The number of hydrogen-bond acceptors (Lipinski definition) is 5. The number of carbonyl (C=O) groups excluding carboxylic acids is 1. The van der Waals surface area contributed by atoms with Crippen LogP contribution < -0.4 is 15.9 Å². The first-order chi connectivity index (χ1) is 9.87. The maximum atomic E-state index is 10.8. The van der Waals surface area contributed by atoms with E-state index in [0.29, 0.717) is 6.61 Å². The van der Waals surface area contributed by atoms with Crippen molar-refractivity contribution in [2.75, 3.05) is 13.2 Å². The summed E-state index contributed by atoms with van der Waals surface area (Å²) in [5.74, 6) is 0.757. The Kier molecular flexibility index (Phi) is 3.34. The van der Waals surface area contributed by atoms with Crippen LogP contribution in [0, 0.1) is 6.92 Å². The van der Waals surface area contributed by atoms with Crippen molar-refractivity contribution in [1.82, 2.24) is 0 Å². The van der Waals surface area contributed by atoms with Crippen molar-refractivity contribution in [3.8, 4) is 5.75 Å². The number of ether oxygens (including phenoxy) is 2. The van der Waals surface area contributed by atoms with Crippen LogP contribution in [0.15, 0.2) is 12.1 Å². The van der Waals surface area contributed by atoms with Gasteiger partial charge in [0.25, 0.3) is 0 Å². The van der Waals surface area contributed by atoms with E-state index < -0.39 is 24.9 Å². The standard InChI is InChI=1S/C14H18BNO5/c1-8-4-5-9-12-11(8)10(6-18-13(16)17)20-15(12)21-14(2,3)7-19-9/h4-5,10H,6-7H2,1-3H3,(H2,16,17)/t10-/m1/s1. The molecule has 1 atom stereocenters. The zero-order chi connectivity index (χ0) is 15.2. The van der Waals surface area contributed by atoms with Gasteiger partial charge in [-0.25, -0.2) is 4.79 Å². The Morgan fingerprint density at radius 2 is 2.29 bits per heavy atom. The molecular formula is C14H18BNO5. The highest BCUT2D eigenvalue weighted by atomic mass is 16.6. The molecule has 1 amide bonds. The molecule has 0 aliphatic carbocycles. The van der Waals surface area contributed by atoms with Crippen molar-refractivity contribution in [2.45, 2.75) is 32.5 Å². The second-order valence-corrected chi connectivity index (χ2v) is 5.96. The minimum atomic E-state index is -0.818. The minimum Gasteiger partial charge on any atom is -0.491 e. The van der Waals surface area contributed by atoms with Crippen LogP contribution in [0.2, 0.25) is 0 Å². The van der Waals surface area contributed by atoms with Crippen LogP contribution in [0.5, 0.6) is 5.75 Å². The zero-order valence-electron chi connectivity index (χ0n) is 12.3. The summed E-state index contributed by atoms with van der Waals surface area (Å²) in [7, 11) is -0.520. The Morgan fingerprint density at radius 3 is 3.00 bits per heavy atom. The molecule has 1 aromatic rings. The maximum absolute atomic E-state index is 10.8. The number of amides is 1. The van der Waals surface area contributed by atoms with E-state index in [1.54, 1.807) is 0 Å². The molecule has 0 fully saturated rings. The number of rotatable bonds is 2. The van der Waals surface area contributed by atoms with Crippen LogP contribution in [0.4, 0.5) is 4.79 Å². The van der Waals surface area contributed by atoms with Crippen molar-refractivity contribution < 1.29 is 23.6 Å². The van der Waals surface area contributed by atoms with Crippen LogP contribution in [0.3, 0.4) is 0 Å². The molecule has 0 saturated heterocycles. The number of aryl methyl sites for hydroxylation is 1. The van der Waals surface area contributed by atoms with E-state index in [2.05, 4.69) is 0 Å². The Bertz CT molecular complexity index is 589. The van der Waals surface area contributed by atoms with Crippen LogP contribution >= 0.6 is 0 Å². The third kappa shape index (κ3) is 2.58. The van der Waals surface area contributed by atoms with E-state index in [1.165, 1.54) is 0 Å². The summed E-state index contributed by atoms with van der Waals surface area (Å²) in [5.41, 5.74) is 7.45. The van der Waals surface area contributed by atoms with Gasteiger partial charge < -0.3 is 24.5 Å². The average molecular weight is 291 g/mol. The third-order valence-electron chi connectivity index (χ3n) is 3.69. The molecule has 0 spiro atoms. The summed E-state index contributed by atoms with van der Waals surface area (Å²) in [6.45, 7) is 6.39. The first-order valence-electron chi connectivity index (χ1n) is 6.89. The summed E-state index contributed by atoms with van der Waals surface area (Å²) < 4.78 is 22.7. The van der Waals surface area contributed by atoms with Gasteiger partial charge in [-0.1, -0.05) is 6.07 Å². The molecule has 0 unspecified atom stereocenters. The fourth-order valence-electron chi connectivity index (χ4n) is 2.75. The summed E-state index contributed by atoms with van der Waals surface area (Å²) in [6, 6.07) is 3.89. The molecule has 3 rings (SSSR count). The topological polar surface area (TPSA) is 80.0 Å². The van der Waals surface area contributed by atoms with Crippen LogP contribution in [-0.2, 0) is 14.0 Å². The summed E-state index contributed by atoms with van der Waals surface area (Å²) in [4.78, 5) is 10.8. The number of benzene rings is 1. The van der Waals surface area contributed by atoms with Crippen molar-refractivity contribution in [1.29, 1.82) is 0 Å². The number of carbonyl (C=O) groups is 1. The van der Waals surface area contributed by atoms with Crippen molar-refractivity contribution >= 4 is 18.7 Å². The van der Waals surface area contributed by atoms with Gasteiger partial charge in [0, 0.05) is 5.46 Å². The predicted molar refractivity (Wildman–Crippen MR) is 76.6 cm³/mol. The van der Waals surface area contributed by atoms with E-state index >= 15 is 0 Å². The fourth-order valence-corrected chi connectivity index (χ4v) is 2.75. The number of hydrogen-bond donors (Lipinski definition) is 1. The Balaban J connectivity index is 1.99. The smallest absolute Gasteiger partial charge is 0.491 e. The van der Waals surface area contributed by atoms with Gasteiger partial charge in [0.05, 0.1) is 5.60 Å². The lowest BCUT2D eigenvalue weighted by atomic mass is 9.76. The molecule has 2 aliphatic heterocycles. The molecule has 2 aliphatic rings. The summed E-state index contributed by atoms with van der Waals surface area (Å²) in [6.07, 6.45) is -1.21. The molecule has 2 N–H and O–H groups in total. The highest BCUT2D eigenvalue weighted by molar-refractivity contribution is 6.64. The van der Waals surface area contributed by atoms with Crippen molar-refractivity contribution in [3.63, 3.8) is 0 Å². The normalized spacial score (nSPS) is 22.2. The van der Waals surface area contributed by atoms with Crippen LogP contribution in [-0.4, -0.2) is 32.0 Å². The first-order valence-corrected chi connectivity index (χ1v) is 6.89. The average Bonchev–Trinajstić information content (AvgIpc) is 2.68. The second-order valence-electron chi connectivity index (χ2n) is 5.96. The van der Waals surface area contributed by atoms with Gasteiger partial charge in [-0.2, -0.15) is 0 Å². The minimum absolute atomic E-state index is 0.0624. The maximum Gasteiger partial charge on any atom is 0.499 e. The molecule has 0 radical (unpaired) electrons. The molecule has 0 saturated carbocycles. The monoisotopic (exact) mass is 291 g/mol. The first kappa shape index (κ1) is 14.2. The van der Waals surface area contributed by atoms with Gasteiger partial charge in [-0.15, -0.1) is 0 Å². The van der Waals surface area contributed by atoms with E-state index in [9.17, 15) is 4.79 Å². The predicted octanol–water partition coefficient (Wildman–Crippen LogP) is 1.04. The van der Waals surface area contributed by atoms with Crippen LogP contribution in [0.25, 0.3) is 0 Å². The molecule has 7 heteroatoms. The SMILES string of the molecule is Cc1ccc2c3c1[C@@H](COC(N)=O)OB3OC(C)(C)CO2. The Morgan fingerprint density at radius 1 is 1.52 bits per heavy atom. The van der Waals surface area contributed by atoms with Gasteiger partial charge in [-0.05, 0) is 38.0 Å². The second kappa shape index (κ2) is 4.93. The molecule has 112 valence electrons. The summed E-state index contributed by atoms with van der Waals surface area (Å²) in [5, 5.41) is 0. The van der Waals surface area contributed by atoms with E-state index in [-0.39, 0.29) is 6.61 Å². The summed E-state index contributed by atoms with van der Waals surface area (Å²) >= 11 is 0. The number of primary amides is 1. The Hall–Kier alpha value is -1.73. The molecule has 0 bridgehead atoms. The van der Waals surface area contributed by atoms with E-state index in [0.717, 1.165) is 22.3 Å². The molecular weight excluding hydrogens is 273 g/mol. The van der Waals surface area contributed by atoms with Crippen molar-refractivity contribution in [2.24, 2.45) is 5.73 Å². The molecule has 2 heterocycles. The fraction of sp³-hybridized carbons (Fsp3) is 0.500.